The van der Waals surface area contributed by atoms with E-state index in [0.717, 1.165) is 17.1 Å². The predicted octanol–water partition coefficient (Wildman–Crippen LogP) is 15.9. The number of nitrogens with zero attached hydrogens (tertiary/aromatic N) is 1. The van der Waals surface area contributed by atoms with Gasteiger partial charge in [0.1, 0.15) is 0 Å². The first-order chi connectivity index (χ1) is 28.3. The fraction of sp³-hybridized carbons (Fsp3) is 0. The Kier molecular flexibility index (Phi) is 7.89. The van der Waals surface area contributed by atoms with E-state index in [1.165, 1.54) is 87.2 Å². The zero-order chi connectivity index (χ0) is 37.7. The Bertz CT molecular complexity index is 3290. The Balaban J connectivity index is 1.19. The van der Waals surface area contributed by atoms with Crippen molar-refractivity contribution in [2.75, 3.05) is 4.90 Å². The lowest BCUT2D eigenvalue weighted by Gasteiger charge is -2.29. The summed E-state index contributed by atoms with van der Waals surface area (Å²) in [5, 5.41) is 12.6. The highest BCUT2D eigenvalue weighted by molar-refractivity contribution is 6.21. The van der Waals surface area contributed by atoms with Gasteiger partial charge < -0.3 is 4.90 Å². The van der Waals surface area contributed by atoms with E-state index in [2.05, 4.69) is 229 Å². The van der Waals surface area contributed by atoms with Gasteiger partial charge in [-0.2, -0.15) is 0 Å². The van der Waals surface area contributed by atoms with Gasteiger partial charge in [0, 0.05) is 16.9 Å². The lowest BCUT2D eigenvalue weighted by Crippen LogP contribution is -2.11. The first-order valence-corrected chi connectivity index (χ1v) is 19.7. The Hall–Kier alpha value is -7.48. The van der Waals surface area contributed by atoms with Crippen LogP contribution >= 0.6 is 0 Å². The van der Waals surface area contributed by atoms with Gasteiger partial charge in [0.25, 0.3) is 0 Å². The van der Waals surface area contributed by atoms with Crippen LogP contribution in [0.1, 0.15) is 0 Å². The van der Waals surface area contributed by atoms with E-state index in [9.17, 15) is 0 Å². The zero-order valence-electron chi connectivity index (χ0n) is 31.3. The molecule has 0 aliphatic rings. The maximum atomic E-state index is 2.44. The lowest BCUT2D eigenvalue weighted by atomic mass is 9.87. The number of rotatable bonds is 6. The second-order valence-corrected chi connectivity index (χ2v) is 14.9. The van der Waals surface area contributed by atoms with Gasteiger partial charge in [0.15, 0.2) is 0 Å². The molecule has 11 aromatic rings. The molecule has 1 nitrogen and oxygen atoms in total. The van der Waals surface area contributed by atoms with Crippen LogP contribution in [0.5, 0.6) is 0 Å². The summed E-state index contributed by atoms with van der Waals surface area (Å²) in [6.07, 6.45) is 0. The molecule has 11 aromatic carbocycles. The van der Waals surface area contributed by atoms with Crippen LogP contribution in [0.15, 0.2) is 224 Å². The molecule has 0 N–H and O–H groups in total. The molecule has 0 spiro atoms. The largest absolute Gasteiger partial charge is 0.310 e. The van der Waals surface area contributed by atoms with Crippen LogP contribution < -0.4 is 4.90 Å². The van der Waals surface area contributed by atoms with E-state index in [0.29, 0.717) is 0 Å². The van der Waals surface area contributed by atoms with Gasteiger partial charge in [-0.15, -0.1) is 0 Å². The third kappa shape index (κ3) is 5.63. The molecule has 0 unspecified atom stereocenters. The molecule has 0 fully saturated rings. The molecular formula is C56H37N. The van der Waals surface area contributed by atoms with E-state index in [4.69, 9.17) is 0 Å². The Labute approximate surface area is 332 Å². The highest BCUT2D eigenvalue weighted by atomic mass is 15.1. The SMILES string of the molecule is c1ccc(-c2cc(N(c3ccc4c(ccc5ccccc54)c3)c3ccccc3-c3ccccc3)ccc2-c2cc3c4ccccc4ccc3c3ccccc23)cc1. The molecule has 0 aliphatic carbocycles. The molecule has 0 saturated carbocycles. The highest BCUT2D eigenvalue weighted by Crippen LogP contribution is 2.47. The first kappa shape index (κ1) is 32.9. The molecule has 0 atom stereocenters. The third-order valence-electron chi connectivity index (χ3n) is 11.6. The molecule has 1 heteroatoms. The van der Waals surface area contributed by atoms with Crippen molar-refractivity contribution < 1.29 is 0 Å². The normalized spacial score (nSPS) is 11.5. The zero-order valence-corrected chi connectivity index (χ0v) is 31.3. The second kappa shape index (κ2) is 13.7. The van der Waals surface area contributed by atoms with Crippen molar-refractivity contribution in [2.24, 2.45) is 0 Å². The summed E-state index contributed by atoms with van der Waals surface area (Å²) in [7, 11) is 0. The Morgan fingerprint density at radius 1 is 0.228 bits per heavy atom. The molecule has 0 bridgehead atoms. The van der Waals surface area contributed by atoms with Gasteiger partial charge >= 0.3 is 0 Å². The van der Waals surface area contributed by atoms with Crippen molar-refractivity contribution in [1.82, 2.24) is 0 Å². The number of para-hydroxylation sites is 1. The van der Waals surface area contributed by atoms with Crippen LogP contribution in [0.3, 0.4) is 0 Å². The second-order valence-electron chi connectivity index (χ2n) is 14.9. The number of fused-ring (bicyclic) bond motifs is 8. The minimum absolute atomic E-state index is 1.09. The number of hydrogen-bond donors (Lipinski definition) is 0. The van der Waals surface area contributed by atoms with E-state index in [1.807, 2.05) is 0 Å². The van der Waals surface area contributed by atoms with Gasteiger partial charge in [0.2, 0.25) is 0 Å². The Morgan fingerprint density at radius 2 is 0.719 bits per heavy atom. The summed E-state index contributed by atoms with van der Waals surface area (Å²) >= 11 is 0. The van der Waals surface area contributed by atoms with Crippen molar-refractivity contribution >= 4 is 70.9 Å². The van der Waals surface area contributed by atoms with E-state index >= 15 is 0 Å². The lowest BCUT2D eigenvalue weighted by molar-refractivity contribution is 1.29. The third-order valence-corrected chi connectivity index (χ3v) is 11.6. The van der Waals surface area contributed by atoms with Gasteiger partial charge in [0.05, 0.1) is 5.69 Å². The smallest absolute Gasteiger partial charge is 0.0540 e. The van der Waals surface area contributed by atoms with Crippen LogP contribution in [-0.2, 0) is 0 Å². The molecular weight excluding hydrogens is 687 g/mol. The highest BCUT2D eigenvalue weighted by Gasteiger charge is 2.21. The van der Waals surface area contributed by atoms with Crippen molar-refractivity contribution in [3.63, 3.8) is 0 Å². The van der Waals surface area contributed by atoms with Crippen LogP contribution in [-0.4, -0.2) is 0 Å². The minimum Gasteiger partial charge on any atom is -0.310 e. The first-order valence-electron chi connectivity index (χ1n) is 19.7. The number of hydrogen-bond acceptors (Lipinski definition) is 1. The monoisotopic (exact) mass is 723 g/mol. The molecule has 266 valence electrons. The van der Waals surface area contributed by atoms with E-state index in [-0.39, 0.29) is 0 Å². The van der Waals surface area contributed by atoms with Gasteiger partial charge in [-0.05, 0) is 118 Å². The predicted molar refractivity (Wildman–Crippen MR) is 245 cm³/mol. The number of benzene rings is 11. The fourth-order valence-corrected chi connectivity index (χ4v) is 8.94. The maximum Gasteiger partial charge on any atom is 0.0540 e. The van der Waals surface area contributed by atoms with Crippen molar-refractivity contribution in [3.05, 3.63) is 224 Å². The Morgan fingerprint density at radius 3 is 1.47 bits per heavy atom. The van der Waals surface area contributed by atoms with Crippen molar-refractivity contribution in [2.45, 2.75) is 0 Å². The average Bonchev–Trinajstić information content (AvgIpc) is 3.29. The number of anilines is 3. The van der Waals surface area contributed by atoms with Crippen LogP contribution in [0.25, 0.3) is 87.2 Å². The van der Waals surface area contributed by atoms with Crippen molar-refractivity contribution in [3.8, 4) is 33.4 Å². The van der Waals surface area contributed by atoms with Gasteiger partial charge in [-0.3, -0.25) is 0 Å². The molecule has 0 radical (unpaired) electrons. The molecule has 0 saturated heterocycles. The van der Waals surface area contributed by atoms with Crippen LogP contribution in [0.4, 0.5) is 17.1 Å². The fourth-order valence-electron chi connectivity index (χ4n) is 8.94. The molecule has 57 heavy (non-hydrogen) atoms. The van der Waals surface area contributed by atoms with Gasteiger partial charge in [-0.1, -0.05) is 188 Å². The average molecular weight is 724 g/mol. The summed E-state index contributed by atoms with van der Waals surface area (Å²) < 4.78 is 0. The van der Waals surface area contributed by atoms with E-state index in [1.54, 1.807) is 0 Å². The summed E-state index contributed by atoms with van der Waals surface area (Å²) in [5.41, 5.74) is 10.5. The topological polar surface area (TPSA) is 3.24 Å². The summed E-state index contributed by atoms with van der Waals surface area (Å²) in [6, 6.07) is 82.2. The van der Waals surface area contributed by atoms with E-state index < -0.39 is 0 Å². The van der Waals surface area contributed by atoms with Crippen molar-refractivity contribution in [1.29, 1.82) is 0 Å². The van der Waals surface area contributed by atoms with Crippen LogP contribution in [0, 0.1) is 0 Å². The van der Waals surface area contributed by atoms with Gasteiger partial charge in [-0.25, -0.2) is 0 Å². The molecule has 11 rings (SSSR count). The summed E-state index contributed by atoms with van der Waals surface area (Å²) in [4.78, 5) is 2.44. The molecule has 0 aromatic heterocycles. The summed E-state index contributed by atoms with van der Waals surface area (Å²) in [6.45, 7) is 0. The quantitative estimate of drug-likeness (QED) is 0.154. The standard InChI is InChI=1S/C56H37N/c1-3-15-38(16-4-1)48-23-13-14-26-56(48)57(43-30-33-47-42(35-43)28-27-40-19-7-9-21-45(40)47)44-31-34-52(53(36-44)39-17-5-2-6-18-39)55-37-54-46-22-10-8-20-41(46)29-32-51(54)49-24-11-12-25-50(49)55/h1-37H. The molecule has 0 heterocycles. The summed E-state index contributed by atoms with van der Waals surface area (Å²) in [5.74, 6) is 0. The molecule has 0 aliphatic heterocycles. The van der Waals surface area contributed by atoms with Crippen LogP contribution in [0.2, 0.25) is 0 Å². The minimum atomic E-state index is 1.09. The molecule has 0 amide bonds. The maximum absolute atomic E-state index is 2.44.